The van der Waals surface area contributed by atoms with E-state index in [9.17, 15) is 9.18 Å². The van der Waals surface area contributed by atoms with Crippen LogP contribution >= 0.6 is 12.2 Å². The first-order valence-electron chi connectivity index (χ1n) is 10.4. The van der Waals surface area contributed by atoms with E-state index in [0.29, 0.717) is 35.8 Å². The van der Waals surface area contributed by atoms with Crippen LogP contribution in [0.4, 0.5) is 10.1 Å². The molecule has 1 aliphatic rings. The van der Waals surface area contributed by atoms with E-state index in [2.05, 4.69) is 29.1 Å². The molecule has 0 aliphatic carbocycles. The van der Waals surface area contributed by atoms with E-state index < -0.39 is 0 Å². The number of carbonyl (C=O) groups is 1. The minimum atomic E-state index is -0.351. The second kappa shape index (κ2) is 8.72. The van der Waals surface area contributed by atoms with Crippen molar-refractivity contribution in [3.05, 3.63) is 70.0 Å². The van der Waals surface area contributed by atoms with Crippen molar-refractivity contribution in [1.29, 1.82) is 0 Å². The number of para-hydroxylation sites is 1. The summed E-state index contributed by atoms with van der Waals surface area (Å²) in [6, 6.07) is 12.8. The zero-order valence-electron chi connectivity index (χ0n) is 18.0. The summed E-state index contributed by atoms with van der Waals surface area (Å²) in [5.74, 6) is 0.369. The van der Waals surface area contributed by atoms with Gasteiger partial charge in [0.1, 0.15) is 11.6 Å². The van der Waals surface area contributed by atoms with Crippen LogP contribution in [0.2, 0.25) is 0 Å². The van der Waals surface area contributed by atoms with Gasteiger partial charge in [0, 0.05) is 31.7 Å². The Morgan fingerprint density at radius 3 is 2.42 bits per heavy atom. The SMILES string of the molecule is CC(=O)c1ccc(N2CCN(Cn3nc(C)n(-c4ccccc4C)c3=S)CC2)c(F)c1. The zero-order chi connectivity index (χ0) is 22.1. The molecular formula is C23H26FN5OS. The molecule has 0 saturated carbocycles. The molecular weight excluding hydrogens is 413 g/mol. The van der Waals surface area contributed by atoms with Crippen molar-refractivity contribution in [2.45, 2.75) is 27.4 Å². The fourth-order valence-corrected chi connectivity index (χ4v) is 4.33. The summed E-state index contributed by atoms with van der Waals surface area (Å²) >= 11 is 5.72. The van der Waals surface area contributed by atoms with Gasteiger partial charge >= 0.3 is 0 Å². The van der Waals surface area contributed by atoms with E-state index in [1.807, 2.05) is 33.2 Å². The number of aryl methyl sites for hydroxylation is 2. The van der Waals surface area contributed by atoms with Gasteiger partial charge < -0.3 is 4.90 Å². The summed E-state index contributed by atoms with van der Waals surface area (Å²) in [7, 11) is 0. The first kappa shape index (κ1) is 21.4. The lowest BCUT2D eigenvalue weighted by atomic mass is 10.1. The van der Waals surface area contributed by atoms with Crippen LogP contribution in [0.5, 0.6) is 0 Å². The Morgan fingerprint density at radius 1 is 1.06 bits per heavy atom. The third-order valence-corrected chi connectivity index (χ3v) is 6.15. The van der Waals surface area contributed by atoms with Gasteiger partial charge in [-0.3, -0.25) is 14.3 Å². The topological polar surface area (TPSA) is 46.3 Å². The number of piperazine rings is 1. The largest absolute Gasteiger partial charge is 0.367 e. The highest BCUT2D eigenvalue weighted by atomic mass is 32.1. The second-order valence-electron chi connectivity index (χ2n) is 7.92. The zero-order valence-corrected chi connectivity index (χ0v) is 18.8. The molecule has 1 aliphatic heterocycles. The van der Waals surface area contributed by atoms with Crippen LogP contribution in [0.25, 0.3) is 5.69 Å². The number of anilines is 1. The molecule has 4 rings (SSSR count). The summed E-state index contributed by atoms with van der Waals surface area (Å²) in [6.45, 7) is 9.00. The Labute approximate surface area is 186 Å². The quantitative estimate of drug-likeness (QED) is 0.442. The van der Waals surface area contributed by atoms with Crippen LogP contribution in [-0.4, -0.2) is 51.2 Å². The average molecular weight is 440 g/mol. The van der Waals surface area contributed by atoms with E-state index >= 15 is 0 Å². The van der Waals surface area contributed by atoms with Crippen molar-refractivity contribution in [2.75, 3.05) is 31.1 Å². The average Bonchev–Trinajstić information content (AvgIpc) is 3.02. The molecule has 0 bridgehead atoms. The molecule has 6 nitrogen and oxygen atoms in total. The maximum atomic E-state index is 14.5. The van der Waals surface area contributed by atoms with Crippen molar-refractivity contribution in [3.8, 4) is 5.69 Å². The number of Topliss-reactive ketones (excluding diaryl/α,β-unsaturated/α-hetero) is 1. The van der Waals surface area contributed by atoms with Crippen molar-refractivity contribution >= 4 is 23.7 Å². The van der Waals surface area contributed by atoms with Crippen molar-refractivity contribution < 1.29 is 9.18 Å². The molecule has 0 radical (unpaired) electrons. The van der Waals surface area contributed by atoms with Gasteiger partial charge in [-0.2, -0.15) is 5.10 Å². The molecule has 31 heavy (non-hydrogen) atoms. The van der Waals surface area contributed by atoms with Gasteiger partial charge in [-0.15, -0.1) is 0 Å². The molecule has 2 aromatic carbocycles. The van der Waals surface area contributed by atoms with Crippen molar-refractivity contribution in [2.24, 2.45) is 0 Å². The van der Waals surface area contributed by atoms with Gasteiger partial charge in [0.15, 0.2) is 5.78 Å². The second-order valence-corrected chi connectivity index (χ2v) is 8.29. The van der Waals surface area contributed by atoms with Crippen LogP contribution in [0.15, 0.2) is 42.5 Å². The molecule has 2 heterocycles. The Kier molecular flexibility index (Phi) is 6.02. The number of nitrogens with zero attached hydrogens (tertiary/aromatic N) is 5. The molecule has 1 fully saturated rings. The first-order chi connectivity index (χ1) is 14.8. The molecule has 1 aromatic heterocycles. The number of rotatable bonds is 5. The highest BCUT2D eigenvalue weighted by molar-refractivity contribution is 7.71. The van der Waals surface area contributed by atoms with Gasteiger partial charge in [0.2, 0.25) is 4.77 Å². The number of benzene rings is 2. The number of ketones is 1. The molecule has 0 atom stereocenters. The predicted molar refractivity (Wildman–Crippen MR) is 122 cm³/mol. The Balaban J connectivity index is 1.45. The first-order valence-corrected chi connectivity index (χ1v) is 10.8. The van der Waals surface area contributed by atoms with E-state index in [1.165, 1.54) is 13.0 Å². The normalized spacial score (nSPS) is 14.8. The number of carbonyl (C=O) groups excluding carboxylic acids is 1. The lowest BCUT2D eigenvalue weighted by Crippen LogP contribution is -2.47. The summed E-state index contributed by atoms with van der Waals surface area (Å²) < 4.78 is 19.0. The molecule has 1 saturated heterocycles. The van der Waals surface area contributed by atoms with Crippen molar-refractivity contribution in [1.82, 2.24) is 19.2 Å². The van der Waals surface area contributed by atoms with E-state index in [4.69, 9.17) is 12.2 Å². The minimum Gasteiger partial charge on any atom is -0.367 e. The van der Waals surface area contributed by atoms with Crippen LogP contribution in [0, 0.1) is 24.4 Å². The van der Waals surface area contributed by atoms with E-state index in [1.54, 1.807) is 12.1 Å². The molecule has 8 heteroatoms. The summed E-state index contributed by atoms with van der Waals surface area (Å²) in [5, 5.41) is 4.67. The van der Waals surface area contributed by atoms with Crippen LogP contribution in [0.3, 0.4) is 0 Å². The highest BCUT2D eigenvalue weighted by Crippen LogP contribution is 2.23. The maximum Gasteiger partial charge on any atom is 0.203 e. The van der Waals surface area contributed by atoms with Gasteiger partial charge in [0.05, 0.1) is 18.0 Å². The molecule has 0 amide bonds. The van der Waals surface area contributed by atoms with E-state index in [0.717, 1.165) is 30.2 Å². The fraction of sp³-hybridized carbons (Fsp3) is 0.348. The third kappa shape index (κ3) is 4.31. The minimum absolute atomic E-state index is 0.132. The van der Waals surface area contributed by atoms with Crippen LogP contribution < -0.4 is 4.90 Å². The smallest absolute Gasteiger partial charge is 0.203 e. The van der Waals surface area contributed by atoms with Gasteiger partial charge in [-0.1, -0.05) is 18.2 Å². The standard InChI is InChI=1S/C23H26FN5OS/c1-16-6-4-5-7-21(16)29-18(3)25-28(23(29)31)15-26-10-12-27(13-11-26)22-9-8-19(17(2)30)14-20(22)24/h4-9,14H,10-13,15H2,1-3H3. The van der Waals surface area contributed by atoms with Crippen molar-refractivity contribution in [3.63, 3.8) is 0 Å². The molecule has 162 valence electrons. The summed E-state index contributed by atoms with van der Waals surface area (Å²) in [5.41, 5.74) is 3.13. The number of hydrogen-bond donors (Lipinski definition) is 0. The van der Waals surface area contributed by atoms with Gasteiger partial charge in [0.25, 0.3) is 0 Å². The molecule has 0 unspecified atom stereocenters. The monoisotopic (exact) mass is 439 g/mol. The highest BCUT2D eigenvalue weighted by Gasteiger charge is 2.21. The lowest BCUT2D eigenvalue weighted by Gasteiger charge is -2.36. The molecule has 3 aromatic rings. The van der Waals surface area contributed by atoms with Crippen LogP contribution in [-0.2, 0) is 6.67 Å². The predicted octanol–water partition coefficient (Wildman–Crippen LogP) is 4.14. The maximum absolute atomic E-state index is 14.5. The molecule has 0 spiro atoms. The Morgan fingerprint density at radius 2 is 1.77 bits per heavy atom. The lowest BCUT2D eigenvalue weighted by molar-refractivity contribution is 0.101. The van der Waals surface area contributed by atoms with Crippen LogP contribution in [0.1, 0.15) is 28.7 Å². The Hall–Kier alpha value is -2.84. The number of hydrogen-bond acceptors (Lipinski definition) is 5. The fourth-order valence-electron chi connectivity index (χ4n) is 4.00. The summed E-state index contributed by atoms with van der Waals surface area (Å²) in [4.78, 5) is 15.7. The van der Waals surface area contributed by atoms with Gasteiger partial charge in [-0.25, -0.2) is 9.07 Å². The number of halogens is 1. The Bertz CT molecular complexity index is 1180. The molecule has 0 N–H and O–H groups in total. The van der Waals surface area contributed by atoms with Gasteiger partial charge in [-0.05, 0) is 62.8 Å². The number of aromatic nitrogens is 3. The van der Waals surface area contributed by atoms with E-state index in [-0.39, 0.29) is 11.6 Å². The third-order valence-electron chi connectivity index (χ3n) is 5.76. The summed E-state index contributed by atoms with van der Waals surface area (Å²) in [6.07, 6.45) is 0.